The average Bonchev–Trinajstić information content (AvgIpc) is 3.11. The molecule has 32 heavy (non-hydrogen) atoms. The van der Waals surface area contributed by atoms with E-state index >= 15 is 0 Å². The van der Waals surface area contributed by atoms with Crippen molar-refractivity contribution in [3.05, 3.63) is 87.3 Å². The highest BCUT2D eigenvalue weighted by Gasteiger charge is 2.16. The molecule has 1 atom stereocenters. The minimum Gasteiger partial charge on any atom is -0.352 e. The van der Waals surface area contributed by atoms with Crippen LogP contribution in [-0.4, -0.2) is 28.4 Å². The first-order valence-electron chi connectivity index (χ1n) is 11.3. The summed E-state index contributed by atoms with van der Waals surface area (Å²) in [5.41, 5.74) is 4.05. The second-order valence-electron chi connectivity index (χ2n) is 7.89. The molecule has 2 aromatic carbocycles. The smallest absolute Gasteiger partial charge is 0.275 e. The lowest BCUT2D eigenvalue weighted by Gasteiger charge is -2.16. The fraction of sp³-hybridized carbons (Fsp3) is 0.346. The minimum atomic E-state index is -0.0719. The lowest BCUT2D eigenvalue weighted by atomic mass is 10.1. The van der Waals surface area contributed by atoms with Crippen LogP contribution in [0.25, 0.3) is 0 Å². The predicted molar refractivity (Wildman–Crippen MR) is 130 cm³/mol. The fourth-order valence-corrected chi connectivity index (χ4v) is 3.81. The van der Waals surface area contributed by atoms with Gasteiger partial charge in [-0.1, -0.05) is 50.2 Å². The van der Waals surface area contributed by atoms with Crippen molar-refractivity contribution >= 4 is 17.8 Å². The van der Waals surface area contributed by atoms with Gasteiger partial charge in [0.2, 0.25) is 0 Å². The number of aliphatic imine (C=N–C) groups is 1. The number of amides is 1. The number of hydrogen-bond donors (Lipinski definition) is 2. The van der Waals surface area contributed by atoms with Crippen molar-refractivity contribution in [1.82, 2.24) is 15.1 Å². The Labute approximate surface area is 189 Å². The van der Waals surface area contributed by atoms with Crippen LogP contribution >= 0.6 is 0 Å². The third-order valence-electron chi connectivity index (χ3n) is 5.72. The highest BCUT2D eigenvalue weighted by molar-refractivity contribution is 5.94. The van der Waals surface area contributed by atoms with Crippen LogP contribution in [0.4, 0.5) is 5.69 Å². The first kappa shape index (κ1) is 23.3. The number of para-hydroxylation sites is 1. The van der Waals surface area contributed by atoms with Gasteiger partial charge in [0, 0.05) is 24.0 Å². The van der Waals surface area contributed by atoms with Crippen LogP contribution in [-0.2, 0) is 6.42 Å². The summed E-state index contributed by atoms with van der Waals surface area (Å²) in [6.07, 6.45) is 4.96. The van der Waals surface area contributed by atoms with Crippen molar-refractivity contribution in [3.63, 3.8) is 0 Å². The maximum absolute atomic E-state index is 13.1. The zero-order valence-electron chi connectivity index (χ0n) is 19.1. The Balaban J connectivity index is 1.64. The number of nitrogens with one attached hydrogen (secondary N) is 2. The Kier molecular flexibility index (Phi) is 8.20. The lowest BCUT2D eigenvalue weighted by molar-refractivity contribution is 0.0952. The largest absolute Gasteiger partial charge is 0.352 e. The Bertz CT molecular complexity index is 1110. The molecule has 0 bridgehead atoms. The maximum atomic E-state index is 13.1. The summed E-state index contributed by atoms with van der Waals surface area (Å²) >= 11 is 0. The molecule has 0 aliphatic carbocycles. The van der Waals surface area contributed by atoms with Crippen molar-refractivity contribution < 1.29 is 4.79 Å². The molecule has 0 fully saturated rings. The molecule has 2 N–H and O–H groups in total. The summed E-state index contributed by atoms with van der Waals surface area (Å²) < 4.78 is 1.71. The normalized spacial score (nSPS) is 12.2. The quantitative estimate of drug-likeness (QED) is 0.351. The van der Waals surface area contributed by atoms with E-state index in [2.05, 4.69) is 35.3 Å². The number of aromatic nitrogens is 2. The standard InChI is InChI=1S/C26H32N4O2/c1-4-20-12-9-10-16-24(20)28-18-23-19(3)29-30(26(23)32)22(5-2)15-11-17-27-25(31)21-13-7-6-8-14-21/h6-10,12-14,16,18,22,29H,4-5,11,15,17H2,1-3H3,(H,27,31). The zero-order chi connectivity index (χ0) is 22.9. The molecule has 6 nitrogen and oxygen atoms in total. The molecule has 1 amide bonds. The molecule has 6 heteroatoms. The van der Waals surface area contributed by atoms with E-state index in [4.69, 9.17) is 0 Å². The molecule has 3 rings (SSSR count). The van der Waals surface area contributed by atoms with Gasteiger partial charge in [-0.3, -0.25) is 19.7 Å². The maximum Gasteiger partial charge on any atom is 0.275 e. The molecular formula is C26H32N4O2. The molecular weight excluding hydrogens is 400 g/mol. The molecule has 0 radical (unpaired) electrons. The fourth-order valence-electron chi connectivity index (χ4n) is 3.81. The van der Waals surface area contributed by atoms with Gasteiger partial charge in [0.05, 0.1) is 17.3 Å². The van der Waals surface area contributed by atoms with Crippen molar-refractivity contribution in [3.8, 4) is 0 Å². The van der Waals surface area contributed by atoms with Crippen LogP contribution in [0.2, 0.25) is 0 Å². The first-order valence-corrected chi connectivity index (χ1v) is 11.3. The SMILES string of the molecule is CCc1ccccc1N=Cc1c(C)[nH]n(C(CC)CCCNC(=O)c2ccccc2)c1=O. The zero-order valence-corrected chi connectivity index (χ0v) is 19.1. The summed E-state index contributed by atoms with van der Waals surface area (Å²) in [7, 11) is 0. The van der Waals surface area contributed by atoms with E-state index in [1.807, 2.05) is 43.3 Å². The van der Waals surface area contributed by atoms with E-state index in [1.54, 1.807) is 23.0 Å². The summed E-state index contributed by atoms with van der Waals surface area (Å²) in [5, 5.41) is 6.18. The van der Waals surface area contributed by atoms with E-state index in [1.165, 1.54) is 0 Å². The second-order valence-corrected chi connectivity index (χ2v) is 7.89. The molecule has 0 saturated carbocycles. The van der Waals surface area contributed by atoms with Crippen molar-refractivity contribution in [1.29, 1.82) is 0 Å². The Morgan fingerprint density at radius 1 is 1.12 bits per heavy atom. The molecule has 0 aliphatic rings. The topological polar surface area (TPSA) is 79.2 Å². The number of hydrogen-bond acceptors (Lipinski definition) is 3. The molecule has 0 saturated heterocycles. The number of carbonyl (C=O) groups is 1. The van der Waals surface area contributed by atoms with Crippen LogP contribution in [0.1, 0.15) is 66.3 Å². The van der Waals surface area contributed by atoms with Crippen molar-refractivity contribution in [2.75, 3.05) is 6.54 Å². The van der Waals surface area contributed by atoms with Crippen molar-refractivity contribution in [2.45, 2.75) is 52.5 Å². The van der Waals surface area contributed by atoms with Gasteiger partial charge in [-0.25, -0.2) is 4.68 Å². The number of nitrogens with zero attached hydrogens (tertiary/aromatic N) is 2. The number of benzene rings is 2. The number of aryl methyl sites for hydroxylation is 2. The van der Waals surface area contributed by atoms with Crippen LogP contribution in [0.5, 0.6) is 0 Å². The lowest BCUT2D eigenvalue weighted by Crippen LogP contribution is -2.27. The van der Waals surface area contributed by atoms with Crippen LogP contribution in [0.15, 0.2) is 64.4 Å². The third-order valence-corrected chi connectivity index (χ3v) is 5.72. The summed E-state index contributed by atoms with van der Waals surface area (Å²) in [4.78, 5) is 29.8. The van der Waals surface area contributed by atoms with Crippen LogP contribution in [0, 0.1) is 6.92 Å². The Morgan fingerprint density at radius 2 is 1.84 bits per heavy atom. The van der Waals surface area contributed by atoms with E-state index in [-0.39, 0.29) is 17.5 Å². The molecule has 3 aromatic rings. The summed E-state index contributed by atoms with van der Waals surface area (Å²) in [6.45, 7) is 6.64. The molecule has 168 valence electrons. The third kappa shape index (κ3) is 5.63. The number of H-pyrrole nitrogens is 1. The molecule has 1 unspecified atom stereocenters. The number of carbonyl (C=O) groups excluding carboxylic acids is 1. The highest BCUT2D eigenvalue weighted by atomic mass is 16.1. The molecule has 0 aliphatic heterocycles. The van der Waals surface area contributed by atoms with Gasteiger partial charge >= 0.3 is 0 Å². The molecule has 1 aromatic heterocycles. The Morgan fingerprint density at radius 3 is 2.56 bits per heavy atom. The van der Waals surface area contributed by atoms with Gasteiger partial charge in [0.1, 0.15) is 0 Å². The van der Waals surface area contributed by atoms with Gasteiger partial charge in [-0.15, -0.1) is 0 Å². The molecule has 1 heterocycles. The molecule has 0 spiro atoms. The monoisotopic (exact) mass is 432 g/mol. The van der Waals surface area contributed by atoms with E-state index in [0.29, 0.717) is 17.7 Å². The predicted octanol–water partition coefficient (Wildman–Crippen LogP) is 4.96. The van der Waals surface area contributed by atoms with Crippen molar-refractivity contribution in [2.24, 2.45) is 4.99 Å². The van der Waals surface area contributed by atoms with Gasteiger partial charge in [0.15, 0.2) is 0 Å². The van der Waals surface area contributed by atoms with E-state index in [9.17, 15) is 9.59 Å². The first-order chi connectivity index (χ1) is 15.5. The average molecular weight is 433 g/mol. The van der Waals surface area contributed by atoms with Gasteiger partial charge in [-0.05, 0) is 56.4 Å². The van der Waals surface area contributed by atoms with E-state index in [0.717, 1.165) is 42.6 Å². The second kappa shape index (κ2) is 11.3. The van der Waals surface area contributed by atoms with Gasteiger partial charge < -0.3 is 5.32 Å². The van der Waals surface area contributed by atoms with E-state index < -0.39 is 0 Å². The minimum absolute atomic E-state index is 0.0416. The Hall–Kier alpha value is -3.41. The summed E-state index contributed by atoms with van der Waals surface area (Å²) in [6, 6.07) is 17.2. The van der Waals surface area contributed by atoms with Gasteiger partial charge in [0.25, 0.3) is 11.5 Å². The van der Waals surface area contributed by atoms with Crippen LogP contribution in [0.3, 0.4) is 0 Å². The summed E-state index contributed by atoms with van der Waals surface area (Å²) in [5.74, 6) is -0.0719. The number of aromatic amines is 1. The van der Waals surface area contributed by atoms with Gasteiger partial charge in [-0.2, -0.15) is 0 Å². The van der Waals surface area contributed by atoms with Crippen LogP contribution < -0.4 is 10.9 Å². The highest BCUT2D eigenvalue weighted by Crippen LogP contribution is 2.20. The number of rotatable bonds is 10.